The van der Waals surface area contributed by atoms with Crippen molar-refractivity contribution >= 4 is 17.7 Å². The van der Waals surface area contributed by atoms with E-state index in [0.717, 1.165) is 27.0 Å². The van der Waals surface area contributed by atoms with Gasteiger partial charge in [0.2, 0.25) is 5.91 Å². The molecule has 0 aliphatic carbocycles. The summed E-state index contributed by atoms with van der Waals surface area (Å²) in [7, 11) is 0. The van der Waals surface area contributed by atoms with Crippen LogP contribution in [-0.4, -0.2) is 20.4 Å². The predicted octanol–water partition coefficient (Wildman–Crippen LogP) is 4.38. The summed E-state index contributed by atoms with van der Waals surface area (Å²) in [6.07, 6.45) is 3.50. The molecule has 0 aliphatic rings. The lowest BCUT2D eigenvalue weighted by Gasteiger charge is -2.14. The summed E-state index contributed by atoms with van der Waals surface area (Å²) in [6, 6.07) is 10.4. The van der Waals surface area contributed by atoms with Crippen molar-refractivity contribution in [3.05, 3.63) is 71.7 Å². The van der Waals surface area contributed by atoms with Gasteiger partial charge in [-0.1, -0.05) is 31.7 Å². The summed E-state index contributed by atoms with van der Waals surface area (Å²) in [5, 5.41) is 3.79. The van der Waals surface area contributed by atoms with Crippen molar-refractivity contribution in [1.29, 1.82) is 0 Å². The van der Waals surface area contributed by atoms with E-state index in [1.165, 1.54) is 30.8 Å². The zero-order chi connectivity index (χ0) is 20.1. The summed E-state index contributed by atoms with van der Waals surface area (Å²) in [5.74, 6) is 0.582. The highest BCUT2D eigenvalue weighted by Crippen LogP contribution is 2.35. The lowest BCUT2D eigenvalue weighted by molar-refractivity contribution is -0.119. The number of nitrogens with zero attached hydrogens (tertiary/aromatic N) is 3. The minimum absolute atomic E-state index is 0.108. The fourth-order valence-electron chi connectivity index (χ4n) is 2.80. The average Bonchev–Trinajstić information content (AvgIpc) is 2.98. The van der Waals surface area contributed by atoms with Crippen LogP contribution in [0.15, 0.2) is 58.7 Å². The quantitative estimate of drug-likeness (QED) is 0.642. The molecule has 0 atom stereocenters. The van der Waals surface area contributed by atoms with Crippen LogP contribution in [0, 0.1) is 5.82 Å². The smallest absolute Gasteiger partial charge is 0.217 e. The molecule has 146 valence electrons. The third kappa shape index (κ3) is 4.98. The Balaban J connectivity index is 2.06. The number of halogens is 1. The molecule has 1 N–H and O–H groups in total. The molecular weight excluding hydrogens is 375 g/mol. The molecule has 0 saturated heterocycles. The van der Waals surface area contributed by atoms with Crippen LogP contribution in [0.4, 0.5) is 4.39 Å². The van der Waals surface area contributed by atoms with Gasteiger partial charge in [-0.3, -0.25) is 9.78 Å². The first-order chi connectivity index (χ1) is 13.4. The Kier molecular flexibility index (Phi) is 6.46. The van der Waals surface area contributed by atoms with Crippen molar-refractivity contribution < 1.29 is 9.18 Å². The third-order valence-corrected chi connectivity index (χ3v) is 5.28. The predicted molar refractivity (Wildman–Crippen MR) is 108 cm³/mol. The molecular formula is C21H23FN4OS. The van der Waals surface area contributed by atoms with E-state index in [0.29, 0.717) is 13.1 Å². The summed E-state index contributed by atoms with van der Waals surface area (Å²) in [6.45, 7) is 6.58. The van der Waals surface area contributed by atoms with Gasteiger partial charge in [0, 0.05) is 30.8 Å². The van der Waals surface area contributed by atoms with Crippen molar-refractivity contribution in [1.82, 2.24) is 19.9 Å². The number of hydrogen-bond acceptors (Lipinski definition) is 4. The molecule has 5 nitrogen and oxygen atoms in total. The highest BCUT2D eigenvalue weighted by molar-refractivity contribution is 7.99. The van der Waals surface area contributed by atoms with Gasteiger partial charge in [-0.05, 0) is 41.8 Å². The maximum absolute atomic E-state index is 13.7. The highest BCUT2D eigenvalue weighted by Gasteiger charge is 2.21. The average molecular weight is 399 g/mol. The fourth-order valence-corrected chi connectivity index (χ4v) is 4.01. The SMILES string of the molecule is CC(=O)NCc1nc(C(C)C)c(Sc2cccc(F)c2)n1Cc1ccncc1. The summed E-state index contributed by atoms with van der Waals surface area (Å²) in [4.78, 5) is 21.1. The summed E-state index contributed by atoms with van der Waals surface area (Å²) < 4.78 is 15.8. The Morgan fingerprint density at radius 3 is 2.64 bits per heavy atom. The highest BCUT2D eigenvalue weighted by atomic mass is 32.2. The second kappa shape index (κ2) is 9.01. The van der Waals surface area contributed by atoms with E-state index in [-0.39, 0.29) is 17.6 Å². The second-order valence-electron chi connectivity index (χ2n) is 6.78. The van der Waals surface area contributed by atoms with Gasteiger partial charge in [0.1, 0.15) is 16.7 Å². The molecule has 7 heteroatoms. The minimum Gasteiger partial charge on any atom is -0.349 e. The number of benzene rings is 1. The van der Waals surface area contributed by atoms with Gasteiger partial charge in [0.25, 0.3) is 0 Å². The van der Waals surface area contributed by atoms with Gasteiger partial charge in [0.15, 0.2) is 0 Å². The lowest BCUT2D eigenvalue weighted by Crippen LogP contribution is -2.22. The van der Waals surface area contributed by atoms with Gasteiger partial charge in [0.05, 0.1) is 12.2 Å². The zero-order valence-electron chi connectivity index (χ0n) is 16.1. The minimum atomic E-state index is -0.269. The maximum Gasteiger partial charge on any atom is 0.217 e. The van der Waals surface area contributed by atoms with Crippen molar-refractivity contribution in [2.75, 3.05) is 0 Å². The largest absolute Gasteiger partial charge is 0.349 e. The van der Waals surface area contributed by atoms with E-state index < -0.39 is 0 Å². The van der Waals surface area contributed by atoms with E-state index in [4.69, 9.17) is 4.98 Å². The number of carbonyl (C=O) groups excluding carboxylic acids is 1. The Labute approximate surface area is 168 Å². The number of imidazole rings is 1. The fraction of sp³-hybridized carbons (Fsp3) is 0.286. The topological polar surface area (TPSA) is 59.8 Å². The van der Waals surface area contributed by atoms with Crippen molar-refractivity contribution in [3.63, 3.8) is 0 Å². The van der Waals surface area contributed by atoms with E-state index in [1.807, 2.05) is 18.2 Å². The Bertz CT molecular complexity index is 956. The molecule has 0 radical (unpaired) electrons. The van der Waals surface area contributed by atoms with Crippen LogP contribution in [0.1, 0.15) is 43.8 Å². The molecule has 1 aromatic carbocycles. The molecule has 28 heavy (non-hydrogen) atoms. The van der Waals surface area contributed by atoms with Crippen LogP contribution in [0.5, 0.6) is 0 Å². The number of nitrogens with one attached hydrogen (secondary N) is 1. The monoisotopic (exact) mass is 398 g/mol. The molecule has 0 fully saturated rings. The Morgan fingerprint density at radius 1 is 1.25 bits per heavy atom. The van der Waals surface area contributed by atoms with Crippen molar-refractivity contribution in [2.45, 2.75) is 49.7 Å². The first-order valence-electron chi connectivity index (χ1n) is 9.10. The van der Waals surface area contributed by atoms with Crippen LogP contribution >= 0.6 is 11.8 Å². The molecule has 3 aromatic rings. The van der Waals surface area contributed by atoms with Gasteiger partial charge in [-0.25, -0.2) is 9.37 Å². The molecule has 3 rings (SSSR count). The molecule has 0 bridgehead atoms. The number of carbonyl (C=O) groups is 1. The maximum atomic E-state index is 13.7. The summed E-state index contributed by atoms with van der Waals surface area (Å²) >= 11 is 1.49. The van der Waals surface area contributed by atoms with Gasteiger partial charge in [-0.2, -0.15) is 0 Å². The number of rotatable bonds is 7. The normalized spacial score (nSPS) is 11.0. The van der Waals surface area contributed by atoms with Crippen LogP contribution in [0.3, 0.4) is 0 Å². The van der Waals surface area contributed by atoms with E-state index in [1.54, 1.807) is 18.5 Å². The third-order valence-electron chi connectivity index (χ3n) is 4.17. The van der Waals surface area contributed by atoms with E-state index in [2.05, 4.69) is 28.7 Å². The van der Waals surface area contributed by atoms with Crippen LogP contribution in [0.25, 0.3) is 0 Å². The standard InChI is InChI=1S/C21H23FN4OS/c1-14(2)20-21(28-18-6-4-5-17(22)11-18)26(13-16-7-9-23-10-8-16)19(25-20)12-24-15(3)27/h4-11,14H,12-13H2,1-3H3,(H,24,27). The second-order valence-corrected chi connectivity index (χ2v) is 7.85. The van der Waals surface area contributed by atoms with Crippen LogP contribution in [-0.2, 0) is 17.9 Å². The van der Waals surface area contributed by atoms with Gasteiger partial charge in [-0.15, -0.1) is 0 Å². The molecule has 0 aliphatic heterocycles. The molecule has 2 aromatic heterocycles. The van der Waals surface area contributed by atoms with Crippen LogP contribution in [0.2, 0.25) is 0 Å². The lowest BCUT2D eigenvalue weighted by atomic mass is 10.1. The van der Waals surface area contributed by atoms with Gasteiger partial charge < -0.3 is 9.88 Å². The number of pyridine rings is 1. The van der Waals surface area contributed by atoms with E-state index >= 15 is 0 Å². The molecule has 0 spiro atoms. The molecule has 2 heterocycles. The Hall–Kier alpha value is -2.67. The number of hydrogen-bond donors (Lipinski definition) is 1. The first-order valence-corrected chi connectivity index (χ1v) is 9.91. The number of amides is 1. The van der Waals surface area contributed by atoms with Crippen molar-refractivity contribution in [3.8, 4) is 0 Å². The Morgan fingerprint density at radius 2 is 2.00 bits per heavy atom. The van der Waals surface area contributed by atoms with Crippen molar-refractivity contribution in [2.24, 2.45) is 0 Å². The van der Waals surface area contributed by atoms with E-state index in [9.17, 15) is 9.18 Å². The molecule has 0 saturated carbocycles. The van der Waals surface area contributed by atoms with Gasteiger partial charge >= 0.3 is 0 Å². The van der Waals surface area contributed by atoms with Crippen LogP contribution < -0.4 is 5.32 Å². The molecule has 1 amide bonds. The molecule has 0 unspecified atom stereocenters. The summed E-state index contributed by atoms with van der Waals surface area (Å²) in [5.41, 5.74) is 2.01. The first kappa shape index (κ1) is 20.1. The number of aromatic nitrogens is 3. The zero-order valence-corrected chi connectivity index (χ0v) is 17.0.